The highest BCUT2D eigenvalue weighted by Crippen LogP contribution is 2.20. The number of fused-ring (bicyclic) bond motifs is 1. The van der Waals surface area contributed by atoms with Crippen LogP contribution in [0.25, 0.3) is 10.9 Å². The van der Waals surface area contributed by atoms with E-state index >= 15 is 0 Å². The van der Waals surface area contributed by atoms with Gasteiger partial charge in [-0.3, -0.25) is 14.3 Å². The number of H-pyrrole nitrogens is 1. The molecule has 3 N–H and O–H groups in total. The van der Waals surface area contributed by atoms with Crippen molar-refractivity contribution in [2.24, 2.45) is 0 Å². The standard InChI is InChI=1S/C17H17N3O5S/c21-14-9-4-8-13-15(14)20(17(23)19-16(13)22)11-5-10-18-26(24,25)12-6-2-1-3-7-12/h1-4,6-9,18,21H,5,10-11H2,(H,19,22,23). The predicted octanol–water partition coefficient (Wildman–Crippen LogP) is 0.764. The number of hydrogen-bond acceptors (Lipinski definition) is 5. The number of aryl methyl sites for hydroxylation is 1. The number of para-hydroxylation sites is 1. The quantitative estimate of drug-likeness (QED) is 0.549. The summed E-state index contributed by atoms with van der Waals surface area (Å²) in [5, 5.41) is 10.2. The van der Waals surface area contributed by atoms with Crippen LogP contribution in [0, 0.1) is 0 Å². The van der Waals surface area contributed by atoms with Crippen molar-refractivity contribution in [2.75, 3.05) is 6.54 Å². The van der Waals surface area contributed by atoms with Gasteiger partial charge in [-0.2, -0.15) is 0 Å². The molecule has 0 bridgehead atoms. The average molecular weight is 375 g/mol. The SMILES string of the molecule is O=c1[nH]c(=O)n(CCCNS(=O)(=O)c2ccccc2)c2c(O)cccc12. The second-order valence-electron chi connectivity index (χ2n) is 5.65. The maximum absolute atomic E-state index is 12.2. The van der Waals surface area contributed by atoms with E-state index in [1.165, 1.54) is 34.9 Å². The molecule has 0 aliphatic carbocycles. The summed E-state index contributed by atoms with van der Waals surface area (Å²) in [6.45, 7) is 0.221. The third-order valence-electron chi connectivity index (χ3n) is 3.90. The van der Waals surface area contributed by atoms with Crippen molar-refractivity contribution < 1.29 is 13.5 Å². The Labute approximate surface area is 148 Å². The Kier molecular flexibility index (Phi) is 4.92. The molecule has 0 radical (unpaired) electrons. The summed E-state index contributed by atoms with van der Waals surface area (Å²) in [6.07, 6.45) is 0.293. The first kappa shape index (κ1) is 17.9. The minimum absolute atomic E-state index is 0.0951. The van der Waals surface area contributed by atoms with Crippen molar-refractivity contribution in [3.05, 3.63) is 69.4 Å². The summed E-state index contributed by atoms with van der Waals surface area (Å²) in [4.78, 5) is 26.3. The van der Waals surface area contributed by atoms with Crippen LogP contribution in [0.5, 0.6) is 5.75 Å². The van der Waals surface area contributed by atoms with Gasteiger partial charge in [0.25, 0.3) is 5.56 Å². The number of nitrogens with one attached hydrogen (secondary N) is 2. The topological polar surface area (TPSA) is 121 Å². The van der Waals surface area contributed by atoms with Gasteiger partial charge in [0.15, 0.2) is 0 Å². The van der Waals surface area contributed by atoms with E-state index in [4.69, 9.17) is 0 Å². The predicted molar refractivity (Wildman–Crippen MR) is 96.7 cm³/mol. The van der Waals surface area contributed by atoms with E-state index in [1.807, 2.05) is 0 Å². The van der Waals surface area contributed by atoms with Gasteiger partial charge in [-0.05, 0) is 30.7 Å². The van der Waals surface area contributed by atoms with Gasteiger partial charge in [0.05, 0.1) is 10.3 Å². The number of rotatable bonds is 6. The first-order chi connectivity index (χ1) is 12.4. The molecule has 3 aromatic rings. The molecule has 0 atom stereocenters. The highest BCUT2D eigenvalue weighted by atomic mass is 32.2. The Morgan fingerprint density at radius 3 is 2.50 bits per heavy atom. The average Bonchev–Trinajstić information content (AvgIpc) is 2.62. The number of sulfonamides is 1. The molecule has 9 heteroatoms. The van der Waals surface area contributed by atoms with Crippen LogP contribution in [0.15, 0.2) is 63.0 Å². The van der Waals surface area contributed by atoms with Crippen molar-refractivity contribution >= 4 is 20.9 Å². The van der Waals surface area contributed by atoms with Crippen LogP contribution < -0.4 is 16.0 Å². The molecule has 0 aliphatic rings. The summed E-state index contributed by atoms with van der Waals surface area (Å²) in [7, 11) is -3.63. The fourth-order valence-electron chi connectivity index (χ4n) is 2.67. The molecule has 136 valence electrons. The molecular weight excluding hydrogens is 358 g/mol. The van der Waals surface area contributed by atoms with Crippen molar-refractivity contribution in [1.82, 2.24) is 14.3 Å². The molecular formula is C17H17N3O5S. The summed E-state index contributed by atoms with van der Waals surface area (Å²) < 4.78 is 28.0. The fourth-order valence-corrected chi connectivity index (χ4v) is 3.77. The Bertz CT molecular complexity index is 1150. The van der Waals surface area contributed by atoms with Crippen molar-refractivity contribution in [1.29, 1.82) is 0 Å². The molecule has 8 nitrogen and oxygen atoms in total. The largest absolute Gasteiger partial charge is 0.506 e. The van der Waals surface area contributed by atoms with E-state index in [0.29, 0.717) is 6.42 Å². The highest BCUT2D eigenvalue weighted by Gasteiger charge is 2.14. The van der Waals surface area contributed by atoms with Crippen LogP contribution in [-0.2, 0) is 16.6 Å². The zero-order valence-corrected chi connectivity index (χ0v) is 14.5. The van der Waals surface area contributed by atoms with Gasteiger partial charge in [-0.1, -0.05) is 24.3 Å². The van der Waals surface area contributed by atoms with Gasteiger partial charge >= 0.3 is 5.69 Å². The zero-order valence-electron chi connectivity index (χ0n) is 13.7. The van der Waals surface area contributed by atoms with E-state index in [0.717, 1.165) is 0 Å². The number of phenolic OH excluding ortho intramolecular Hbond substituents is 1. The summed E-state index contributed by atoms with van der Waals surface area (Å²) >= 11 is 0. The smallest absolute Gasteiger partial charge is 0.328 e. The number of benzene rings is 2. The molecule has 0 fully saturated rings. The van der Waals surface area contributed by atoms with Crippen LogP contribution in [0.1, 0.15) is 6.42 Å². The lowest BCUT2D eigenvalue weighted by Crippen LogP contribution is -2.32. The molecule has 3 rings (SSSR count). The number of aromatic nitrogens is 2. The van der Waals surface area contributed by atoms with Crippen molar-refractivity contribution in [3.8, 4) is 5.75 Å². The highest BCUT2D eigenvalue weighted by molar-refractivity contribution is 7.89. The molecule has 0 unspecified atom stereocenters. The lowest BCUT2D eigenvalue weighted by atomic mass is 10.2. The van der Waals surface area contributed by atoms with Crippen molar-refractivity contribution in [3.63, 3.8) is 0 Å². The zero-order chi connectivity index (χ0) is 18.7. The van der Waals surface area contributed by atoms with Crippen LogP contribution in [0.2, 0.25) is 0 Å². The van der Waals surface area contributed by atoms with E-state index in [9.17, 15) is 23.1 Å². The first-order valence-corrected chi connectivity index (χ1v) is 9.38. The number of phenols is 1. The first-order valence-electron chi connectivity index (χ1n) is 7.90. The van der Waals surface area contributed by atoms with Crippen molar-refractivity contribution in [2.45, 2.75) is 17.9 Å². The number of aromatic hydroxyl groups is 1. The van der Waals surface area contributed by atoms with Crippen LogP contribution in [0.3, 0.4) is 0 Å². The van der Waals surface area contributed by atoms with Gasteiger partial charge in [-0.15, -0.1) is 0 Å². The normalized spacial score (nSPS) is 11.7. The van der Waals surface area contributed by atoms with Crippen LogP contribution in [0.4, 0.5) is 0 Å². The fraction of sp³-hybridized carbons (Fsp3) is 0.176. The monoisotopic (exact) mass is 375 g/mol. The Morgan fingerprint density at radius 2 is 1.77 bits per heavy atom. The third kappa shape index (κ3) is 3.53. The van der Waals surface area contributed by atoms with E-state index in [-0.39, 0.29) is 34.6 Å². The van der Waals surface area contributed by atoms with E-state index < -0.39 is 21.3 Å². The van der Waals surface area contributed by atoms with Gasteiger partial charge in [-0.25, -0.2) is 17.9 Å². The van der Waals surface area contributed by atoms with E-state index in [2.05, 4.69) is 9.71 Å². The molecule has 1 aromatic heterocycles. The van der Waals surface area contributed by atoms with Crippen LogP contribution >= 0.6 is 0 Å². The maximum Gasteiger partial charge on any atom is 0.328 e. The molecule has 2 aromatic carbocycles. The second kappa shape index (κ2) is 7.14. The minimum Gasteiger partial charge on any atom is -0.506 e. The Balaban J connectivity index is 1.77. The maximum atomic E-state index is 12.2. The second-order valence-corrected chi connectivity index (χ2v) is 7.42. The van der Waals surface area contributed by atoms with Crippen LogP contribution in [-0.4, -0.2) is 29.6 Å². The summed E-state index contributed by atoms with van der Waals surface area (Å²) in [6, 6.07) is 12.3. The molecule has 0 saturated heterocycles. The third-order valence-corrected chi connectivity index (χ3v) is 5.38. The van der Waals surface area contributed by atoms with Gasteiger partial charge < -0.3 is 5.11 Å². The number of hydrogen-bond donors (Lipinski definition) is 3. The molecule has 26 heavy (non-hydrogen) atoms. The molecule has 0 amide bonds. The van der Waals surface area contributed by atoms with E-state index in [1.54, 1.807) is 18.2 Å². The summed E-state index contributed by atoms with van der Waals surface area (Å²) in [5.74, 6) is -0.185. The molecule has 0 spiro atoms. The summed E-state index contributed by atoms with van der Waals surface area (Å²) in [5.41, 5.74) is -1.11. The van der Waals surface area contributed by atoms with Gasteiger partial charge in [0.1, 0.15) is 11.3 Å². The Hall–Kier alpha value is -2.91. The number of nitrogens with zero attached hydrogens (tertiary/aromatic N) is 1. The number of aromatic amines is 1. The lowest BCUT2D eigenvalue weighted by molar-refractivity contribution is 0.474. The molecule has 0 saturated carbocycles. The van der Waals surface area contributed by atoms with Gasteiger partial charge in [0.2, 0.25) is 10.0 Å². The van der Waals surface area contributed by atoms with Gasteiger partial charge in [0, 0.05) is 13.1 Å². The molecule has 0 aliphatic heterocycles. The Morgan fingerprint density at radius 1 is 1.04 bits per heavy atom. The minimum atomic E-state index is -3.63. The molecule has 1 heterocycles. The lowest BCUT2D eigenvalue weighted by Gasteiger charge is -2.11.